The summed E-state index contributed by atoms with van der Waals surface area (Å²) in [4.78, 5) is 3.69. The highest BCUT2D eigenvalue weighted by Gasteiger charge is 2.23. The molecule has 6 heterocycles. The lowest BCUT2D eigenvalue weighted by Gasteiger charge is -2.11. The number of benzene rings is 14. The average Bonchev–Trinajstić information content (AvgIpc) is 1.58. The van der Waals surface area contributed by atoms with E-state index in [0.717, 1.165) is 65.4 Å². The highest BCUT2D eigenvalue weighted by atomic mass is 79.9. The topological polar surface area (TPSA) is 56.9 Å². The molecule has 0 aliphatic heterocycles. The third kappa shape index (κ3) is 8.61. The van der Waals surface area contributed by atoms with E-state index in [2.05, 4.69) is 320 Å². The van der Waals surface area contributed by atoms with Gasteiger partial charge in [0.15, 0.2) is 0 Å². The van der Waals surface area contributed by atoms with Crippen molar-refractivity contribution in [2.45, 2.75) is 0 Å². The molecule has 0 aliphatic rings. The number of aromatic nitrogens is 4. The van der Waals surface area contributed by atoms with Crippen LogP contribution in [0.5, 0.6) is 0 Å². The largest absolute Gasteiger partial charge is 0.456 e. The maximum absolute atomic E-state index is 6.33. The molecule has 7 heteroatoms. The van der Waals surface area contributed by atoms with E-state index in [1.54, 1.807) is 0 Å². The highest BCUT2D eigenvalue weighted by Crippen LogP contribution is 2.44. The molecule has 0 saturated carbocycles. The van der Waals surface area contributed by atoms with Gasteiger partial charge in [0.1, 0.15) is 22.3 Å². The molecule has 1 N–H and O–H groups in total. The molecule has 0 aliphatic carbocycles. The van der Waals surface area contributed by atoms with E-state index in [1.165, 1.54) is 109 Å². The van der Waals surface area contributed by atoms with Gasteiger partial charge in [0.05, 0.1) is 38.6 Å². The Bertz CT molecular complexity index is 6200. The fourth-order valence-electron chi connectivity index (χ4n) is 14.1. The summed E-state index contributed by atoms with van der Waals surface area (Å²) in [6.45, 7) is 0. The average molecular weight is 1230 g/mol. The first-order chi connectivity index (χ1) is 45.1. The van der Waals surface area contributed by atoms with Gasteiger partial charge < -0.3 is 27.5 Å². The molecule has 0 radical (unpaired) electrons. The van der Waals surface area contributed by atoms with Crippen LogP contribution in [0, 0.1) is 0 Å². The minimum atomic E-state index is 0.897. The number of nitrogens with one attached hydrogen (secondary N) is 1. The molecule has 0 saturated heterocycles. The molecule has 0 unspecified atom stereocenters. The van der Waals surface area contributed by atoms with Gasteiger partial charge in [-0.05, 0) is 119 Å². The number of para-hydroxylation sites is 6. The van der Waals surface area contributed by atoms with Gasteiger partial charge in [-0.2, -0.15) is 0 Å². The Morgan fingerprint density at radius 1 is 0.253 bits per heavy atom. The molecule has 20 aromatic rings. The van der Waals surface area contributed by atoms with Crippen LogP contribution in [-0.4, -0.2) is 18.7 Å². The van der Waals surface area contributed by atoms with Gasteiger partial charge in [-0.25, -0.2) is 0 Å². The molecule has 91 heavy (non-hydrogen) atoms. The Morgan fingerprint density at radius 3 is 1.22 bits per heavy atom. The number of fused-ring (bicyclic) bond motifs is 20. The summed E-state index contributed by atoms with van der Waals surface area (Å²) in [5.74, 6) is 0. The van der Waals surface area contributed by atoms with Crippen molar-refractivity contribution < 1.29 is 8.83 Å². The number of furan rings is 2. The Labute approximate surface area is 530 Å². The number of aromatic amines is 1. The Hall–Kier alpha value is -11.6. The first kappa shape index (κ1) is 52.5. The smallest absolute Gasteiger partial charge is 0.137 e. The van der Waals surface area contributed by atoms with E-state index in [0.29, 0.717) is 0 Å². The zero-order valence-electron chi connectivity index (χ0n) is 49.1. The number of hydrogen-bond donors (Lipinski definition) is 1. The summed E-state index contributed by atoms with van der Waals surface area (Å²) in [5.41, 5.74) is 21.4. The van der Waals surface area contributed by atoms with Crippen LogP contribution in [0.2, 0.25) is 0 Å². The number of nitrogens with zero attached hydrogens (tertiary/aromatic N) is 3. The quantitative estimate of drug-likeness (QED) is 0.187. The zero-order chi connectivity index (χ0) is 60.1. The molecule has 14 aromatic carbocycles. The van der Waals surface area contributed by atoms with Gasteiger partial charge >= 0.3 is 0 Å². The molecule has 6 nitrogen and oxygen atoms in total. The summed E-state index contributed by atoms with van der Waals surface area (Å²) < 4.78 is 20.8. The molecule has 428 valence electrons. The lowest BCUT2D eigenvalue weighted by atomic mass is 10.1. The molecule has 6 aromatic heterocycles. The summed E-state index contributed by atoms with van der Waals surface area (Å²) in [7, 11) is 0. The Balaban J connectivity index is 0.000000116. The van der Waals surface area contributed by atoms with Crippen LogP contribution < -0.4 is 0 Å². The zero-order valence-corrected chi connectivity index (χ0v) is 50.6. The van der Waals surface area contributed by atoms with E-state index in [-0.39, 0.29) is 0 Å². The maximum Gasteiger partial charge on any atom is 0.137 e. The van der Waals surface area contributed by atoms with Crippen molar-refractivity contribution in [3.63, 3.8) is 0 Å². The molecule has 0 amide bonds. The molecular weight excluding hydrogens is 1180 g/mol. The van der Waals surface area contributed by atoms with Crippen LogP contribution >= 0.6 is 15.9 Å². The second-order valence-electron chi connectivity index (χ2n) is 23.3. The lowest BCUT2D eigenvalue weighted by Crippen LogP contribution is -1.95. The second-order valence-corrected chi connectivity index (χ2v) is 24.2. The Morgan fingerprint density at radius 2 is 0.648 bits per heavy atom. The van der Waals surface area contributed by atoms with Crippen LogP contribution in [0.4, 0.5) is 0 Å². The molecule has 0 atom stereocenters. The van der Waals surface area contributed by atoms with Crippen molar-refractivity contribution in [1.82, 2.24) is 18.7 Å². The first-order valence-electron chi connectivity index (χ1n) is 30.7. The van der Waals surface area contributed by atoms with E-state index in [1.807, 2.05) is 30.3 Å². The van der Waals surface area contributed by atoms with Gasteiger partial charge in [0, 0.05) is 104 Å². The summed E-state index contributed by atoms with van der Waals surface area (Å²) in [6.07, 6.45) is 0. The van der Waals surface area contributed by atoms with Crippen LogP contribution in [0.3, 0.4) is 0 Å². The minimum Gasteiger partial charge on any atom is -0.456 e. The third-order valence-electron chi connectivity index (χ3n) is 18.2. The van der Waals surface area contributed by atoms with Gasteiger partial charge in [-0.1, -0.05) is 222 Å². The monoisotopic (exact) mass is 1230 g/mol. The number of rotatable bonds is 5. The molecule has 0 bridgehead atoms. The fourth-order valence-corrected chi connectivity index (χ4v) is 14.4. The van der Waals surface area contributed by atoms with Crippen LogP contribution in [0.25, 0.3) is 170 Å². The van der Waals surface area contributed by atoms with Crippen molar-refractivity contribution in [1.29, 1.82) is 0 Å². The predicted octanol–water partition coefficient (Wildman–Crippen LogP) is 23.9. The summed E-state index contributed by atoms with van der Waals surface area (Å²) >= 11 is 3.42. The Kier molecular flexibility index (Phi) is 12.3. The fraction of sp³-hybridized carbons (Fsp3) is 0. The van der Waals surface area contributed by atoms with E-state index in [9.17, 15) is 0 Å². The van der Waals surface area contributed by atoms with Crippen LogP contribution in [0.15, 0.2) is 329 Å². The highest BCUT2D eigenvalue weighted by molar-refractivity contribution is 9.10. The van der Waals surface area contributed by atoms with Gasteiger partial charge in [-0.15, -0.1) is 0 Å². The second kappa shape index (κ2) is 21.3. The third-order valence-corrected chi connectivity index (χ3v) is 18.7. The van der Waals surface area contributed by atoms with E-state index in [4.69, 9.17) is 8.83 Å². The van der Waals surface area contributed by atoms with Crippen molar-refractivity contribution in [3.8, 4) is 39.3 Å². The normalized spacial score (nSPS) is 11.8. The van der Waals surface area contributed by atoms with Crippen LogP contribution in [-0.2, 0) is 0 Å². The van der Waals surface area contributed by atoms with E-state index >= 15 is 0 Å². The van der Waals surface area contributed by atoms with Gasteiger partial charge in [0.2, 0.25) is 0 Å². The molecule has 0 spiro atoms. The lowest BCUT2D eigenvalue weighted by molar-refractivity contribution is 0.668. The first-order valence-corrected chi connectivity index (χ1v) is 31.5. The van der Waals surface area contributed by atoms with E-state index < -0.39 is 0 Å². The summed E-state index contributed by atoms with van der Waals surface area (Å²) in [6, 6.07) is 112. The number of H-pyrrole nitrogens is 1. The SMILES string of the molecule is Brc1ccc(-c2ccccc2)cc1.c1ccc(-c2ccc(-n3c4ccccc4c4ccc5c(c6ccccc6n5-c5ccc6c(c5)oc5ccccc56)c43)cc2)cc1.c1ccc2c(c1)[nH]c1c2ccc2c1c1ccccc1n2-c1ccc2c(c1)oc1ccccc12. The molecule has 0 fully saturated rings. The van der Waals surface area contributed by atoms with Gasteiger partial charge in [0.25, 0.3) is 0 Å². The van der Waals surface area contributed by atoms with Crippen molar-refractivity contribution in [3.05, 3.63) is 320 Å². The maximum atomic E-state index is 6.33. The van der Waals surface area contributed by atoms with Crippen LogP contribution in [0.1, 0.15) is 0 Å². The predicted molar refractivity (Wildman–Crippen MR) is 385 cm³/mol. The van der Waals surface area contributed by atoms with Gasteiger partial charge in [-0.3, -0.25) is 0 Å². The molecular formula is C84H53BrN4O2. The van der Waals surface area contributed by atoms with Crippen molar-refractivity contribution in [2.75, 3.05) is 0 Å². The summed E-state index contributed by atoms with van der Waals surface area (Å²) in [5, 5.41) is 14.6. The number of hydrogen-bond acceptors (Lipinski definition) is 2. The van der Waals surface area contributed by atoms with Crippen molar-refractivity contribution in [2.24, 2.45) is 0 Å². The van der Waals surface area contributed by atoms with Crippen molar-refractivity contribution >= 4 is 147 Å². The molecule has 20 rings (SSSR count). The minimum absolute atomic E-state index is 0.897. The standard InChI is InChI=1S/C42H26N2O.C30H18N2O.C12H9Br/c1-2-10-27(11-3-1)28-18-20-29(21-19-28)44-36-15-7-4-12-31(36)34-24-25-38-41(42(34)44)35-14-5-8-16-37(35)43(38)30-22-23-33-32-13-6-9-17-39(32)45-40(33)26-30;1-4-10-24-19(7-1)22-15-16-26-29(30(22)31-24)23-9-2-5-11-25(23)32(26)18-13-14-21-20-8-3-6-12-27(20)33-28(21)17-18;13-12-8-6-11(7-9-12)10-4-2-1-3-5-10/h1-26H;1-17,31H;1-9H. The number of halogens is 1.